The summed E-state index contributed by atoms with van der Waals surface area (Å²) in [6.07, 6.45) is 2.53. The Morgan fingerprint density at radius 1 is 1.25 bits per heavy atom. The van der Waals surface area contributed by atoms with Gasteiger partial charge < -0.3 is 9.47 Å². The highest BCUT2D eigenvalue weighted by molar-refractivity contribution is 7.14. The van der Waals surface area contributed by atoms with Crippen LogP contribution in [0, 0.1) is 5.82 Å². The molecule has 0 fully saturated rings. The first-order valence-corrected chi connectivity index (χ1v) is 9.38. The minimum Gasteiger partial charge on any atom is -0.497 e. The SMILES string of the molecule is COc1ccc(OC)c(-c2csc(NC(=O)/C=C/c3c(F)cccc3Cl)n2)c1. The minimum atomic E-state index is -0.502. The molecule has 0 bridgehead atoms. The summed E-state index contributed by atoms with van der Waals surface area (Å²) in [5, 5.41) is 5.07. The Morgan fingerprint density at radius 2 is 2.07 bits per heavy atom. The molecule has 0 spiro atoms. The first kappa shape index (κ1) is 19.9. The molecule has 1 heterocycles. The van der Waals surface area contributed by atoms with Gasteiger partial charge in [0.25, 0.3) is 0 Å². The number of thiazole rings is 1. The van der Waals surface area contributed by atoms with Crippen molar-refractivity contribution in [1.29, 1.82) is 0 Å². The van der Waals surface area contributed by atoms with E-state index in [-0.39, 0.29) is 10.6 Å². The lowest BCUT2D eigenvalue weighted by molar-refractivity contribution is -0.111. The van der Waals surface area contributed by atoms with Crippen LogP contribution in [0.15, 0.2) is 47.9 Å². The molecule has 1 amide bonds. The standard InChI is InChI=1S/C20H16ClFN2O3S/c1-26-12-6-8-18(27-2)14(10-12)17-11-28-20(23-17)24-19(25)9-7-13-15(21)4-3-5-16(13)22/h3-11H,1-2H3,(H,23,24,25)/b9-7+. The van der Waals surface area contributed by atoms with Gasteiger partial charge in [-0.05, 0) is 36.4 Å². The Hall–Kier alpha value is -2.90. The van der Waals surface area contributed by atoms with E-state index in [9.17, 15) is 9.18 Å². The summed E-state index contributed by atoms with van der Waals surface area (Å²) in [6.45, 7) is 0. The molecule has 0 aliphatic rings. The number of benzene rings is 2. The van der Waals surface area contributed by atoms with Crippen molar-refractivity contribution in [2.45, 2.75) is 0 Å². The second-order valence-corrected chi connectivity index (χ2v) is 6.83. The zero-order chi connectivity index (χ0) is 20.1. The van der Waals surface area contributed by atoms with Gasteiger partial charge in [-0.2, -0.15) is 0 Å². The fraction of sp³-hybridized carbons (Fsp3) is 0.100. The van der Waals surface area contributed by atoms with E-state index in [1.165, 1.54) is 35.6 Å². The van der Waals surface area contributed by atoms with E-state index in [0.717, 1.165) is 5.56 Å². The Bertz CT molecular complexity index is 1020. The quantitative estimate of drug-likeness (QED) is 0.554. The molecule has 0 aliphatic heterocycles. The molecule has 5 nitrogen and oxygen atoms in total. The van der Waals surface area contributed by atoms with E-state index in [1.807, 2.05) is 0 Å². The molecular formula is C20H16ClFN2O3S. The van der Waals surface area contributed by atoms with Gasteiger partial charge in [-0.15, -0.1) is 11.3 Å². The van der Waals surface area contributed by atoms with Crippen LogP contribution in [0.4, 0.5) is 9.52 Å². The summed E-state index contributed by atoms with van der Waals surface area (Å²) >= 11 is 7.20. The molecular weight excluding hydrogens is 403 g/mol. The predicted octanol–water partition coefficient (Wildman–Crippen LogP) is 5.27. The maximum atomic E-state index is 13.8. The largest absolute Gasteiger partial charge is 0.497 e. The van der Waals surface area contributed by atoms with Gasteiger partial charge in [0.1, 0.15) is 17.3 Å². The van der Waals surface area contributed by atoms with E-state index in [0.29, 0.717) is 22.3 Å². The van der Waals surface area contributed by atoms with Gasteiger partial charge in [0.2, 0.25) is 5.91 Å². The van der Waals surface area contributed by atoms with E-state index >= 15 is 0 Å². The minimum absolute atomic E-state index is 0.153. The lowest BCUT2D eigenvalue weighted by Crippen LogP contribution is -2.07. The van der Waals surface area contributed by atoms with E-state index < -0.39 is 11.7 Å². The van der Waals surface area contributed by atoms with Crippen molar-refractivity contribution in [1.82, 2.24) is 4.98 Å². The number of ether oxygens (including phenoxy) is 2. The van der Waals surface area contributed by atoms with Crippen LogP contribution in [-0.4, -0.2) is 25.1 Å². The molecule has 3 aromatic rings. The number of carbonyl (C=O) groups excluding carboxylic acids is 1. The molecule has 0 saturated carbocycles. The molecule has 1 aromatic heterocycles. The van der Waals surface area contributed by atoms with Crippen molar-refractivity contribution in [3.8, 4) is 22.8 Å². The van der Waals surface area contributed by atoms with Crippen LogP contribution in [0.1, 0.15) is 5.56 Å². The van der Waals surface area contributed by atoms with Gasteiger partial charge in [0.15, 0.2) is 5.13 Å². The van der Waals surface area contributed by atoms with Gasteiger partial charge in [-0.1, -0.05) is 17.7 Å². The van der Waals surface area contributed by atoms with Gasteiger partial charge in [0, 0.05) is 22.6 Å². The molecule has 0 radical (unpaired) electrons. The highest BCUT2D eigenvalue weighted by Crippen LogP contribution is 2.35. The number of nitrogens with one attached hydrogen (secondary N) is 1. The van der Waals surface area contributed by atoms with Crippen LogP contribution >= 0.6 is 22.9 Å². The average Bonchev–Trinajstić information content (AvgIpc) is 3.15. The zero-order valence-electron chi connectivity index (χ0n) is 15.0. The number of carbonyl (C=O) groups is 1. The molecule has 144 valence electrons. The smallest absolute Gasteiger partial charge is 0.250 e. The molecule has 2 aromatic carbocycles. The van der Waals surface area contributed by atoms with Crippen LogP contribution < -0.4 is 14.8 Å². The van der Waals surface area contributed by atoms with Crippen molar-refractivity contribution in [3.05, 3.63) is 64.3 Å². The number of hydrogen-bond donors (Lipinski definition) is 1. The molecule has 0 atom stereocenters. The third-order valence-corrected chi connectivity index (χ3v) is 4.91. The highest BCUT2D eigenvalue weighted by atomic mass is 35.5. The number of rotatable bonds is 6. The Kier molecular flexibility index (Phi) is 6.28. The maximum absolute atomic E-state index is 13.8. The number of hydrogen-bond acceptors (Lipinski definition) is 5. The van der Waals surface area contributed by atoms with Gasteiger partial charge in [-0.25, -0.2) is 9.37 Å². The van der Waals surface area contributed by atoms with Gasteiger partial charge in [0.05, 0.1) is 24.9 Å². The van der Waals surface area contributed by atoms with Crippen molar-refractivity contribution in [2.75, 3.05) is 19.5 Å². The normalized spacial score (nSPS) is 10.9. The third-order valence-electron chi connectivity index (χ3n) is 3.82. The van der Waals surface area contributed by atoms with Crippen molar-refractivity contribution in [2.24, 2.45) is 0 Å². The molecule has 0 aliphatic carbocycles. The summed E-state index contributed by atoms with van der Waals surface area (Å²) < 4.78 is 24.4. The second kappa shape index (κ2) is 8.86. The number of anilines is 1. The summed E-state index contributed by atoms with van der Waals surface area (Å²) in [5.41, 5.74) is 1.53. The van der Waals surface area contributed by atoms with Gasteiger partial charge >= 0.3 is 0 Å². The van der Waals surface area contributed by atoms with Crippen molar-refractivity contribution < 1.29 is 18.7 Å². The zero-order valence-corrected chi connectivity index (χ0v) is 16.6. The average molecular weight is 419 g/mol. The lowest BCUT2D eigenvalue weighted by atomic mass is 10.1. The number of halogens is 2. The monoisotopic (exact) mass is 418 g/mol. The number of amides is 1. The second-order valence-electron chi connectivity index (χ2n) is 5.56. The van der Waals surface area contributed by atoms with E-state index in [2.05, 4.69) is 10.3 Å². The van der Waals surface area contributed by atoms with Crippen molar-refractivity contribution in [3.63, 3.8) is 0 Å². The van der Waals surface area contributed by atoms with Crippen LogP contribution in [-0.2, 0) is 4.79 Å². The van der Waals surface area contributed by atoms with Crippen LogP contribution in [0.5, 0.6) is 11.5 Å². The fourth-order valence-electron chi connectivity index (χ4n) is 2.45. The molecule has 1 N–H and O–H groups in total. The molecule has 8 heteroatoms. The predicted molar refractivity (Wildman–Crippen MR) is 110 cm³/mol. The highest BCUT2D eigenvalue weighted by Gasteiger charge is 2.12. The number of methoxy groups -OCH3 is 2. The third kappa shape index (κ3) is 4.49. The fourth-order valence-corrected chi connectivity index (χ4v) is 3.38. The first-order valence-electron chi connectivity index (χ1n) is 8.13. The van der Waals surface area contributed by atoms with E-state index in [1.54, 1.807) is 43.9 Å². The molecule has 0 saturated heterocycles. The molecule has 0 unspecified atom stereocenters. The summed E-state index contributed by atoms with van der Waals surface area (Å²) in [5.74, 6) is 0.355. The summed E-state index contributed by atoms with van der Waals surface area (Å²) in [6, 6.07) is 9.70. The van der Waals surface area contributed by atoms with Crippen LogP contribution in [0.25, 0.3) is 17.3 Å². The van der Waals surface area contributed by atoms with E-state index in [4.69, 9.17) is 21.1 Å². The number of aromatic nitrogens is 1. The lowest BCUT2D eigenvalue weighted by Gasteiger charge is -2.08. The Labute approximate surface area is 170 Å². The maximum Gasteiger partial charge on any atom is 0.250 e. The van der Waals surface area contributed by atoms with Crippen LogP contribution in [0.2, 0.25) is 5.02 Å². The Morgan fingerprint density at radius 3 is 2.79 bits per heavy atom. The summed E-state index contributed by atoms with van der Waals surface area (Å²) in [7, 11) is 3.14. The topological polar surface area (TPSA) is 60.5 Å². The summed E-state index contributed by atoms with van der Waals surface area (Å²) in [4.78, 5) is 16.5. The molecule has 3 rings (SSSR count). The first-order chi connectivity index (χ1) is 13.5. The molecule has 28 heavy (non-hydrogen) atoms. The van der Waals surface area contributed by atoms with Crippen LogP contribution in [0.3, 0.4) is 0 Å². The Balaban J connectivity index is 1.76. The van der Waals surface area contributed by atoms with Crippen molar-refractivity contribution >= 4 is 40.1 Å². The number of nitrogens with zero attached hydrogens (tertiary/aromatic N) is 1. The van der Waals surface area contributed by atoms with Gasteiger partial charge in [-0.3, -0.25) is 10.1 Å².